The van der Waals surface area contributed by atoms with Crippen molar-refractivity contribution in [3.63, 3.8) is 0 Å². The van der Waals surface area contributed by atoms with Gasteiger partial charge < -0.3 is 16.4 Å². The zero-order valence-corrected chi connectivity index (χ0v) is 14.1. The molecule has 1 atom stereocenters. The zero-order valence-electron chi connectivity index (χ0n) is 14.1. The van der Waals surface area contributed by atoms with Crippen LogP contribution in [-0.4, -0.2) is 18.0 Å². The first-order valence-corrected chi connectivity index (χ1v) is 8.62. The van der Waals surface area contributed by atoms with Crippen molar-refractivity contribution in [2.24, 2.45) is 0 Å². The van der Waals surface area contributed by atoms with Gasteiger partial charge in [0.25, 0.3) is 5.91 Å². The maximum atomic E-state index is 12.1. The van der Waals surface area contributed by atoms with Gasteiger partial charge in [-0.1, -0.05) is 30.3 Å². The molecule has 0 spiro atoms. The fraction of sp³-hybridized carbons (Fsp3) is 0.350. The molecule has 4 heteroatoms. The largest absolute Gasteiger partial charge is 0.397 e. The van der Waals surface area contributed by atoms with Crippen molar-refractivity contribution in [3.8, 4) is 0 Å². The standard InChI is InChI=1S/C20H25N3O/c1-14(7-8-15-5-3-2-4-6-15)22-19-12-9-16(13-18(19)21)20(24)23-17-10-11-17/h2-6,9,12-14,17,22H,7-8,10-11,21H2,1H3,(H,23,24)/t14-/m0/s1. The SMILES string of the molecule is C[C@@H](CCc1ccccc1)Nc1ccc(C(=O)NC2CC2)cc1N. The number of hydrogen-bond acceptors (Lipinski definition) is 3. The van der Waals surface area contributed by atoms with Gasteiger partial charge in [-0.2, -0.15) is 0 Å². The molecule has 2 aromatic carbocycles. The lowest BCUT2D eigenvalue weighted by molar-refractivity contribution is 0.0951. The van der Waals surface area contributed by atoms with E-state index in [0.717, 1.165) is 31.4 Å². The minimum absolute atomic E-state index is 0.0344. The van der Waals surface area contributed by atoms with Gasteiger partial charge in [0.1, 0.15) is 0 Å². The van der Waals surface area contributed by atoms with E-state index in [1.165, 1.54) is 5.56 Å². The first kappa shape index (κ1) is 16.4. The Labute approximate surface area is 143 Å². The Balaban J connectivity index is 1.55. The average Bonchev–Trinajstić information content (AvgIpc) is 3.39. The van der Waals surface area contributed by atoms with Crippen molar-refractivity contribution in [1.82, 2.24) is 5.32 Å². The van der Waals surface area contributed by atoms with Crippen molar-refractivity contribution >= 4 is 17.3 Å². The molecule has 0 aliphatic heterocycles. The molecule has 2 aromatic rings. The third-order valence-corrected chi connectivity index (χ3v) is 4.34. The molecular weight excluding hydrogens is 298 g/mol. The van der Waals surface area contributed by atoms with Gasteiger partial charge in [-0.15, -0.1) is 0 Å². The molecule has 126 valence electrons. The Kier molecular flexibility index (Phi) is 5.04. The normalized spacial score (nSPS) is 14.9. The van der Waals surface area contributed by atoms with E-state index in [2.05, 4.69) is 41.8 Å². The Hall–Kier alpha value is -2.49. The number of carbonyl (C=O) groups is 1. The summed E-state index contributed by atoms with van der Waals surface area (Å²) in [6.45, 7) is 2.15. The summed E-state index contributed by atoms with van der Waals surface area (Å²) in [4.78, 5) is 12.1. The minimum atomic E-state index is -0.0344. The molecule has 1 saturated carbocycles. The van der Waals surface area contributed by atoms with Crippen LogP contribution in [0.2, 0.25) is 0 Å². The molecule has 1 aliphatic carbocycles. The molecule has 1 aliphatic rings. The molecule has 24 heavy (non-hydrogen) atoms. The van der Waals surface area contributed by atoms with E-state index >= 15 is 0 Å². The van der Waals surface area contributed by atoms with E-state index in [0.29, 0.717) is 23.3 Å². The van der Waals surface area contributed by atoms with Gasteiger partial charge >= 0.3 is 0 Å². The van der Waals surface area contributed by atoms with Crippen LogP contribution in [0.3, 0.4) is 0 Å². The van der Waals surface area contributed by atoms with Gasteiger partial charge in [-0.3, -0.25) is 4.79 Å². The smallest absolute Gasteiger partial charge is 0.251 e. The third kappa shape index (κ3) is 4.51. The summed E-state index contributed by atoms with van der Waals surface area (Å²) in [5.74, 6) is -0.0344. The summed E-state index contributed by atoms with van der Waals surface area (Å²) in [5.41, 5.74) is 9.59. The molecule has 0 heterocycles. The van der Waals surface area contributed by atoms with Gasteiger partial charge in [0.2, 0.25) is 0 Å². The molecule has 1 fully saturated rings. The molecule has 0 bridgehead atoms. The predicted molar refractivity (Wildman–Crippen MR) is 99.2 cm³/mol. The Morgan fingerprint density at radius 3 is 2.62 bits per heavy atom. The Bertz CT molecular complexity index is 695. The molecule has 0 unspecified atom stereocenters. The monoisotopic (exact) mass is 323 g/mol. The maximum absolute atomic E-state index is 12.1. The highest BCUT2D eigenvalue weighted by Crippen LogP contribution is 2.23. The predicted octanol–water partition coefficient (Wildman–Crippen LogP) is 3.59. The third-order valence-electron chi connectivity index (χ3n) is 4.34. The number of nitrogen functional groups attached to an aromatic ring is 1. The second-order valence-electron chi connectivity index (χ2n) is 6.62. The van der Waals surface area contributed by atoms with Crippen molar-refractivity contribution in [1.29, 1.82) is 0 Å². The highest BCUT2D eigenvalue weighted by atomic mass is 16.1. The van der Waals surface area contributed by atoms with E-state index < -0.39 is 0 Å². The first-order valence-electron chi connectivity index (χ1n) is 8.62. The lowest BCUT2D eigenvalue weighted by atomic mass is 10.1. The van der Waals surface area contributed by atoms with Crippen LogP contribution in [0.15, 0.2) is 48.5 Å². The summed E-state index contributed by atoms with van der Waals surface area (Å²) in [5, 5.41) is 6.42. The van der Waals surface area contributed by atoms with E-state index in [4.69, 9.17) is 5.73 Å². The van der Waals surface area contributed by atoms with Gasteiger partial charge in [0, 0.05) is 17.6 Å². The molecule has 0 saturated heterocycles. The second-order valence-corrected chi connectivity index (χ2v) is 6.62. The molecule has 3 rings (SSSR count). The van der Waals surface area contributed by atoms with Crippen LogP contribution in [0.4, 0.5) is 11.4 Å². The molecular formula is C20H25N3O. The van der Waals surface area contributed by atoms with Crippen LogP contribution in [-0.2, 0) is 6.42 Å². The molecule has 4 nitrogen and oxygen atoms in total. The quantitative estimate of drug-likeness (QED) is 0.682. The minimum Gasteiger partial charge on any atom is -0.397 e. The number of rotatable bonds is 7. The van der Waals surface area contributed by atoms with Crippen molar-refractivity contribution in [3.05, 3.63) is 59.7 Å². The Morgan fingerprint density at radius 1 is 1.21 bits per heavy atom. The van der Waals surface area contributed by atoms with Crippen molar-refractivity contribution < 1.29 is 4.79 Å². The lowest BCUT2D eigenvalue weighted by Gasteiger charge is -2.17. The number of nitrogens with one attached hydrogen (secondary N) is 2. The molecule has 4 N–H and O–H groups in total. The number of carbonyl (C=O) groups excluding carboxylic acids is 1. The van der Waals surface area contributed by atoms with Gasteiger partial charge in [-0.25, -0.2) is 0 Å². The fourth-order valence-electron chi connectivity index (χ4n) is 2.70. The molecule has 1 amide bonds. The second kappa shape index (κ2) is 7.39. The van der Waals surface area contributed by atoms with Gasteiger partial charge in [-0.05, 0) is 56.4 Å². The average molecular weight is 323 g/mol. The van der Waals surface area contributed by atoms with E-state index in [-0.39, 0.29) is 5.91 Å². The number of aryl methyl sites for hydroxylation is 1. The fourth-order valence-corrected chi connectivity index (χ4v) is 2.70. The number of hydrogen-bond donors (Lipinski definition) is 3. The number of benzene rings is 2. The summed E-state index contributed by atoms with van der Waals surface area (Å²) >= 11 is 0. The van der Waals surface area contributed by atoms with Crippen LogP contribution in [0.25, 0.3) is 0 Å². The van der Waals surface area contributed by atoms with Crippen LogP contribution in [0.5, 0.6) is 0 Å². The van der Waals surface area contributed by atoms with Crippen LogP contribution in [0.1, 0.15) is 42.1 Å². The van der Waals surface area contributed by atoms with Crippen molar-refractivity contribution in [2.45, 2.75) is 44.7 Å². The number of anilines is 2. The van der Waals surface area contributed by atoms with Crippen molar-refractivity contribution in [2.75, 3.05) is 11.1 Å². The highest BCUT2D eigenvalue weighted by molar-refractivity contribution is 5.96. The molecule has 0 radical (unpaired) electrons. The number of nitrogens with two attached hydrogens (primary N) is 1. The van der Waals surface area contributed by atoms with Crippen LogP contribution >= 0.6 is 0 Å². The summed E-state index contributed by atoms with van der Waals surface area (Å²) in [6, 6.07) is 16.6. The van der Waals surface area contributed by atoms with E-state index in [9.17, 15) is 4.79 Å². The maximum Gasteiger partial charge on any atom is 0.251 e. The Morgan fingerprint density at radius 2 is 1.96 bits per heavy atom. The van der Waals surface area contributed by atoms with Gasteiger partial charge in [0.05, 0.1) is 11.4 Å². The van der Waals surface area contributed by atoms with E-state index in [1.807, 2.05) is 18.2 Å². The lowest BCUT2D eigenvalue weighted by Crippen LogP contribution is -2.25. The topological polar surface area (TPSA) is 67.2 Å². The van der Waals surface area contributed by atoms with Crippen LogP contribution < -0.4 is 16.4 Å². The first-order chi connectivity index (χ1) is 11.6. The summed E-state index contributed by atoms with van der Waals surface area (Å²) in [6.07, 6.45) is 4.21. The van der Waals surface area contributed by atoms with Gasteiger partial charge in [0.15, 0.2) is 0 Å². The summed E-state index contributed by atoms with van der Waals surface area (Å²) < 4.78 is 0. The highest BCUT2D eigenvalue weighted by Gasteiger charge is 2.24. The van der Waals surface area contributed by atoms with Crippen LogP contribution in [0, 0.1) is 0 Å². The number of amides is 1. The molecule has 0 aromatic heterocycles. The van der Waals surface area contributed by atoms with E-state index in [1.54, 1.807) is 6.07 Å². The zero-order chi connectivity index (χ0) is 16.9. The summed E-state index contributed by atoms with van der Waals surface area (Å²) in [7, 11) is 0.